The van der Waals surface area contributed by atoms with Gasteiger partial charge in [0, 0.05) is 38.5 Å². The van der Waals surface area contributed by atoms with Gasteiger partial charge in [-0.1, -0.05) is 54.2 Å². The number of aliphatic hydroxyl groups excluding tert-OH is 2. The summed E-state index contributed by atoms with van der Waals surface area (Å²) in [4.78, 5) is 28.0. The van der Waals surface area contributed by atoms with Gasteiger partial charge < -0.3 is 10.2 Å². The molecule has 0 saturated heterocycles. The predicted molar refractivity (Wildman–Crippen MR) is 130 cm³/mol. The van der Waals surface area contributed by atoms with Crippen LogP contribution in [-0.4, -0.2) is 57.1 Å². The number of thioether (sulfide) groups is 1. The Bertz CT molecular complexity index is 1100. The number of thiol groups is 1. The van der Waals surface area contributed by atoms with Gasteiger partial charge >= 0.3 is 0 Å². The van der Waals surface area contributed by atoms with Crippen LogP contribution in [-0.2, 0) is 11.9 Å². The van der Waals surface area contributed by atoms with Gasteiger partial charge in [-0.2, -0.15) is 0 Å². The quantitative estimate of drug-likeness (QED) is 0.391. The van der Waals surface area contributed by atoms with Crippen LogP contribution in [0.5, 0.6) is 0 Å². The van der Waals surface area contributed by atoms with Crippen molar-refractivity contribution in [2.45, 2.75) is 23.0 Å². The van der Waals surface area contributed by atoms with Crippen molar-refractivity contribution in [2.75, 3.05) is 26.3 Å². The van der Waals surface area contributed by atoms with Crippen LogP contribution in [0.1, 0.15) is 45.2 Å². The highest BCUT2D eigenvalue weighted by molar-refractivity contribution is 8.03. The Labute approximate surface area is 196 Å². The van der Waals surface area contributed by atoms with Gasteiger partial charge in [0.25, 0.3) is 0 Å². The van der Waals surface area contributed by atoms with Gasteiger partial charge in [-0.25, -0.2) is 0 Å². The van der Waals surface area contributed by atoms with Crippen molar-refractivity contribution in [3.05, 3.63) is 87.9 Å². The molecule has 7 heteroatoms. The number of benzene rings is 2. The molecule has 2 aromatic rings. The van der Waals surface area contributed by atoms with Gasteiger partial charge in [-0.05, 0) is 25.1 Å². The number of allylic oxidation sites excluding steroid dienone is 2. The van der Waals surface area contributed by atoms with Crippen LogP contribution in [0, 0.1) is 0 Å². The molecule has 2 aliphatic rings. The van der Waals surface area contributed by atoms with Gasteiger partial charge in [0.2, 0.25) is 0 Å². The fourth-order valence-electron chi connectivity index (χ4n) is 3.95. The number of fused-ring (bicyclic) bond motifs is 2. The molecule has 1 atom stereocenters. The smallest absolute Gasteiger partial charge is 0.195 e. The first-order valence-corrected chi connectivity index (χ1v) is 12.2. The van der Waals surface area contributed by atoms with Gasteiger partial charge in [0.1, 0.15) is 0 Å². The van der Waals surface area contributed by atoms with Crippen molar-refractivity contribution in [1.29, 1.82) is 0 Å². The first kappa shape index (κ1) is 23.0. The second-order valence-corrected chi connectivity index (χ2v) is 10.9. The maximum Gasteiger partial charge on any atom is 0.195 e. The van der Waals surface area contributed by atoms with E-state index in [1.807, 2.05) is 16.4 Å². The normalized spacial score (nSPS) is 19.7. The zero-order valence-electron chi connectivity index (χ0n) is 17.8. The average molecular weight is 469 g/mol. The third kappa shape index (κ3) is 4.63. The number of ketones is 2. The Hall–Kier alpha value is -2.16. The Kier molecular flexibility index (Phi) is 7.02. The molecule has 4 rings (SSSR count). The molecule has 1 unspecified atom stereocenters. The highest BCUT2D eigenvalue weighted by Crippen LogP contribution is 2.39. The van der Waals surface area contributed by atoms with Crippen LogP contribution >= 0.6 is 11.8 Å². The van der Waals surface area contributed by atoms with Crippen LogP contribution in [0.25, 0.3) is 0 Å². The van der Waals surface area contributed by atoms with Crippen LogP contribution in [0.3, 0.4) is 0 Å². The lowest BCUT2D eigenvalue weighted by molar-refractivity contribution is 0.0977. The van der Waals surface area contributed by atoms with Crippen molar-refractivity contribution in [3.8, 4) is 0 Å². The first-order valence-electron chi connectivity index (χ1n) is 10.5. The monoisotopic (exact) mass is 468 g/mol. The third-order valence-electron chi connectivity index (χ3n) is 5.55. The summed E-state index contributed by atoms with van der Waals surface area (Å²) < 4.78 is 1.90. The number of carbonyl (C=O) groups is 2. The molecule has 0 heterocycles. The van der Waals surface area contributed by atoms with Crippen LogP contribution in [0.4, 0.5) is 0 Å². The lowest BCUT2D eigenvalue weighted by Crippen LogP contribution is -2.39. The van der Waals surface area contributed by atoms with E-state index in [-0.39, 0.29) is 29.5 Å². The molecule has 0 saturated carbocycles. The van der Waals surface area contributed by atoms with E-state index in [4.69, 9.17) is 0 Å². The number of nitrogens with zero attached hydrogens (tertiary/aromatic N) is 1. The third-order valence-corrected chi connectivity index (χ3v) is 8.12. The minimum Gasteiger partial charge on any atom is -0.395 e. The summed E-state index contributed by atoms with van der Waals surface area (Å²) in [6.45, 7) is 3.29. The Morgan fingerprint density at radius 3 is 2.25 bits per heavy atom. The van der Waals surface area contributed by atoms with E-state index >= 15 is 0 Å². The first-order chi connectivity index (χ1) is 15.5. The fourth-order valence-corrected chi connectivity index (χ4v) is 6.29. The van der Waals surface area contributed by atoms with E-state index < -0.39 is 0 Å². The van der Waals surface area contributed by atoms with Gasteiger partial charge in [0.05, 0.1) is 38.3 Å². The summed E-state index contributed by atoms with van der Waals surface area (Å²) in [7, 11) is 0. The summed E-state index contributed by atoms with van der Waals surface area (Å²) in [6, 6.07) is 12.5. The van der Waals surface area contributed by atoms with Crippen molar-refractivity contribution < 1.29 is 19.8 Å². The van der Waals surface area contributed by atoms with E-state index in [1.165, 1.54) is 11.8 Å². The minimum absolute atomic E-state index is 0.0543. The molecular formula is C25H26NO4S2+. The van der Waals surface area contributed by atoms with Gasteiger partial charge in [0.15, 0.2) is 16.3 Å². The van der Waals surface area contributed by atoms with E-state index in [0.717, 1.165) is 28.2 Å². The zero-order chi connectivity index (χ0) is 22.7. The highest BCUT2D eigenvalue weighted by atomic mass is 32.2. The molecule has 2 aromatic carbocycles. The summed E-state index contributed by atoms with van der Waals surface area (Å²) in [5.74, 6) is -0.212. The van der Waals surface area contributed by atoms with Crippen LogP contribution < -0.4 is 0 Å². The van der Waals surface area contributed by atoms with Gasteiger partial charge in [-0.15, -0.1) is 4.31 Å². The highest BCUT2D eigenvalue weighted by Gasteiger charge is 2.35. The number of carbonyl (C=O) groups excluding carboxylic acids is 2. The molecule has 0 bridgehead atoms. The van der Waals surface area contributed by atoms with Crippen molar-refractivity contribution in [1.82, 2.24) is 4.31 Å². The predicted octanol–water partition coefficient (Wildman–Crippen LogP) is 3.17. The zero-order valence-corrected chi connectivity index (χ0v) is 19.5. The van der Waals surface area contributed by atoms with E-state index in [9.17, 15) is 19.8 Å². The maximum absolute atomic E-state index is 13.2. The number of rotatable bonds is 8. The lowest BCUT2D eigenvalue weighted by Gasteiger charge is -2.25. The molecule has 0 fully saturated rings. The van der Waals surface area contributed by atoms with Crippen molar-refractivity contribution in [2.24, 2.45) is 0 Å². The van der Waals surface area contributed by atoms with E-state index in [2.05, 4.69) is 25.2 Å². The molecule has 2 aliphatic carbocycles. The Morgan fingerprint density at radius 2 is 1.62 bits per heavy atom. The minimum atomic E-state index is -0.130. The summed E-state index contributed by atoms with van der Waals surface area (Å²) in [5.41, 5.74) is 1.88. The molecule has 2 N–H and O–H groups in total. The SMILES string of the molecule is CC1([SH+]N(CCO)CCO)C=CC(Sc2cccc3c2C(=O)c2ccccc2C3=O)=CC1. The molecule has 0 aliphatic heterocycles. The molecule has 5 nitrogen and oxygen atoms in total. The van der Waals surface area contributed by atoms with Crippen LogP contribution in [0.15, 0.2) is 70.5 Å². The lowest BCUT2D eigenvalue weighted by atomic mass is 9.84. The summed E-state index contributed by atoms with van der Waals surface area (Å²) in [5, 5.41) is 18.5. The topological polar surface area (TPSA) is 77.8 Å². The molecule has 0 spiro atoms. The Morgan fingerprint density at radius 1 is 0.969 bits per heavy atom. The van der Waals surface area contributed by atoms with Crippen LogP contribution in [0.2, 0.25) is 0 Å². The molecular weight excluding hydrogens is 442 g/mol. The maximum atomic E-state index is 13.2. The molecule has 32 heavy (non-hydrogen) atoms. The number of hydrogen-bond donors (Lipinski definition) is 2. The molecule has 0 radical (unpaired) electrons. The van der Waals surface area contributed by atoms with Crippen molar-refractivity contribution in [3.63, 3.8) is 0 Å². The standard InChI is InChI=1S/C25H25NO4S2/c1-25(32-26(13-15-27)14-16-28)11-9-17(10-12-25)31-21-8-4-7-20-22(21)24(30)19-6-3-2-5-18(19)23(20)29/h2-11,27-28H,12-16H2,1H3/p+1. The summed E-state index contributed by atoms with van der Waals surface area (Å²) in [6.07, 6.45) is 7.15. The fraction of sp³-hybridized carbons (Fsp3) is 0.280. The number of aliphatic hydroxyl groups is 2. The Balaban J connectivity index is 1.54. The average Bonchev–Trinajstić information content (AvgIpc) is 2.79. The second kappa shape index (κ2) is 9.77. The molecule has 0 aromatic heterocycles. The molecule has 0 amide bonds. The summed E-state index contributed by atoms with van der Waals surface area (Å²) >= 11 is 2.54. The second-order valence-electron chi connectivity index (χ2n) is 7.99. The van der Waals surface area contributed by atoms with Gasteiger partial charge in [-0.3, -0.25) is 9.59 Å². The number of hydrogen-bond acceptors (Lipinski definition) is 6. The molecule has 166 valence electrons. The van der Waals surface area contributed by atoms with E-state index in [0.29, 0.717) is 35.3 Å². The largest absolute Gasteiger partial charge is 0.395 e. The van der Waals surface area contributed by atoms with E-state index in [1.54, 1.807) is 30.3 Å². The van der Waals surface area contributed by atoms with Crippen molar-refractivity contribution >= 4 is 35.3 Å².